The summed E-state index contributed by atoms with van der Waals surface area (Å²) in [6.07, 6.45) is 3.37. The first-order chi connectivity index (χ1) is 19.5. The molecule has 0 unspecified atom stereocenters. The number of aromatic nitrogens is 4. The van der Waals surface area contributed by atoms with E-state index in [-0.39, 0.29) is 12.1 Å². The lowest BCUT2D eigenvalue weighted by molar-refractivity contribution is 0.0947. The average Bonchev–Trinajstić information content (AvgIpc) is 3.38. The number of hydrogen-bond donors (Lipinski definition) is 3. The van der Waals surface area contributed by atoms with Crippen LogP contribution in [0.1, 0.15) is 15.9 Å². The zero-order valence-corrected chi connectivity index (χ0v) is 21.9. The monoisotopic (exact) mass is 542 g/mol. The minimum absolute atomic E-state index is 0.129. The van der Waals surface area contributed by atoms with Crippen LogP contribution in [-0.4, -0.2) is 53.5 Å². The number of rotatable bonds is 10. The molecule has 11 heteroatoms. The summed E-state index contributed by atoms with van der Waals surface area (Å²) in [7, 11) is 3.05. The summed E-state index contributed by atoms with van der Waals surface area (Å²) in [5.41, 5.74) is 10.8. The Labute approximate surface area is 229 Å². The Kier molecular flexibility index (Phi) is 7.83. The van der Waals surface area contributed by atoms with Gasteiger partial charge in [-0.2, -0.15) is 5.10 Å². The molecule has 1 amide bonds. The third-order valence-corrected chi connectivity index (χ3v) is 6.28. The van der Waals surface area contributed by atoms with Gasteiger partial charge in [0.15, 0.2) is 5.82 Å². The van der Waals surface area contributed by atoms with Crippen molar-refractivity contribution in [3.8, 4) is 34.0 Å². The van der Waals surface area contributed by atoms with Crippen LogP contribution in [0.25, 0.3) is 33.4 Å². The average molecular weight is 543 g/mol. The number of pyridine rings is 2. The normalized spacial score (nSPS) is 11.0. The highest BCUT2D eigenvalue weighted by Crippen LogP contribution is 2.35. The minimum atomic E-state index is -0.515. The van der Waals surface area contributed by atoms with E-state index in [1.807, 2.05) is 36.4 Å². The van der Waals surface area contributed by atoms with Gasteiger partial charge >= 0.3 is 0 Å². The number of amides is 1. The fourth-order valence-corrected chi connectivity index (χ4v) is 4.25. The van der Waals surface area contributed by atoms with E-state index in [4.69, 9.17) is 24.9 Å². The van der Waals surface area contributed by atoms with E-state index in [0.29, 0.717) is 52.8 Å². The van der Waals surface area contributed by atoms with Gasteiger partial charge in [-0.05, 0) is 35.9 Å². The predicted octanol–water partition coefficient (Wildman–Crippen LogP) is 4.37. The Balaban J connectivity index is 1.34. The molecule has 0 bridgehead atoms. The van der Waals surface area contributed by atoms with Crippen molar-refractivity contribution in [1.82, 2.24) is 25.5 Å². The SMILES string of the molecule is COCCOc1ccc(-c2cnc(-c3ccc(CNC(=O)c4cc(F)ccc4OC)cc3)c3c(N)n[nH]c23)nc1. The minimum Gasteiger partial charge on any atom is -0.496 e. The quantitative estimate of drug-likeness (QED) is 0.221. The second kappa shape index (κ2) is 11.8. The first-order valence-electron chi connectivity index (χ1n) is 12.4. The smallest absolute Gasteiger partial charge is 0.255 e. The Morgan fingerprint density at radius 1 is 1.02 bits per heavy atom. The van der Waals surface area contributed by atoms with E-state index < -0.39 is 11.7 Å². The summed E-state index contributed by atoms with van der Waals surface area (Å²) in [6.45, 7) is 1.16. The van der Waals surface area contributed by atoms with Crippen molar-refractivity contribution in [3.05, 3.63) is 83.9 Å². The fourth-order valence-electron chi connectivity index (χ4n) is 4.25. The molecular formula is C29H27FN6O4. The number of hydrogen-bond acceptors (Lipinski definition) is 8. The van der Waals surface area contributed by atoms with E-state index >= 15 is 0 Å². The molecule has 40 heavy (non-hydrogen) atoms. The van der Waals surface area contributed by atoms with E-state index in [0.717, 1.165) is 22.8 Å². The van der Waals surface area contributed by atoms with Crippen molar-refractivity contribution < 1.29 is 23.4 Å². The number of anilines is 1. The van der Waals surface area contributed by atoms with E-state index in [1.54, 1.807) is 19.5 Å². The van der Waals surface area contributed by atoms with Gasteiger partial charge in [0.25, 0.3) is 5.91 Å². The van der Waals surface area contributed by atoms with Crippen LogP contribution < -0.4 is 20.5 Å². The lowest BCUT2D eigenvalue weighted by Gasteiger charge is -2.11. The van der Waals surface area contributed by atoms with Gasteiger partial charge in [0, 0.05) is 31.0 Å². The first-order valence-corrected chi connectivity index (χ1v) is 12.4. The molecule has 3 heterocycles. The Morgan fingerprint density at radius 3 is 2.58 bits per heavy atom. The van der Waals surface area contributed by atoms with Crippen LogP contribution in [0.2, 0.25) is 0 Å². The van der Waals surface area contributed by atoms with Crippen LogP contribution in [0, 0.1) is 5.82 Å². The van der Waals surface area contributed by atoms with Crippen LogP contribution in [-0.2, 0) is 11.3 Å². The van der Waals surface area contributed by atoms with Crippen LogP contribution in [0.3, 0.4) is 0 Å². The van der Waals surface area contributed by atoms with Gasteiger partial charge in [-0.3, -0.25) is 19.9 Å². The maximum atomic E-state index is 13.6. The molecule has 0 aliphatic rings. The van der Waals surface area contributed by atoms with Gasteiger partial charge < -0.3 is 25.3 Å². The maximum absolute atomic E-state index is 13.6. The standard InChI is InChI=1S/C29H27FN6O4/c1-38-11-12-40-20-8-9-23(32-15-20)22-16-33-26(25-27(22)35-36-28(25)31)18-5-3-17(4-6-18)14-34-29(37)21-13-19(30)7-10-24(21)39-2/h3-10,13,15-16H,11-12,14H2,1-2H3,(H,34,37)(H3,31,35,36). The number of carbonyl (C=O) groups excluding carboxylic acids is 1. The molecule has 0 saturated heterocycles. The third kappa shape index (κ3) is 5.54. The highest BCUT2D eigenvalue weighted by Gasteiger charge is 2.17. The zero-order valence-electron chi connectivity index (χ0n) is 21.9. The zero-order chi connectivity index (χ0) is 28.1. The largest absolute Gasteiger partial charge is 0.496 e. The van der Waals surface area contributed by atoms with Crippen LogP contribution >= 0.6 is 0 Å². The number of nitrogens with two attached hydrogens (primary N) is 1. The summed E-state index contributed by atoms with van der Waals surface area (Å²) in [6, 6.07) is 15.0. The van der Waals surface area contributed by atoms with Crippen molar-refractivity contribution in [3.63, 3.8) is 0 Å². The van der Waals surface area contributed by atoms with Crippen LogP contribution in [0.4, 0.5) is 10.2 Å². The number of H-pyrrole nitrogens is 1. The number of nitrogens with zero attached hydrogens (tertiary/aromatic N) is 3. The molecule has 5 aromatic rings. The molecule has 4 N–H and O–H groups in total. The number of nitrogen functional groups attached to an aromatic ring is 1. The number of benzene rings is 2. The summed E-state index contributed by atoms with van der Waals surface area (Å²) < 4.78 is 29.4. The van der Waals surface area contributed by atoms with Gasteiger partial charge in [0.2, 0.25) is 0 Å². The van der Waals surface area contributed by atoms with Crippen molar-refractivity contribution in [1.29, 1.82) is 0 Å². The summed E-state index contributed by atoms with van der Waals surface area (Å²) in [5, 5.41) is 10.7. The summed E-state index contributed by atoms with van der Waals surface area (Å²) >= 11 is 0. The highest BCUT2D eigenvalue weighted by molar-refractivity contribution is 6.05. The number of fused-ring (bicyclic) bond motifs is 1. The lowest BCUT2D eigenvalue weighted by atomic mass is 10.0. The van der Waals surface area contributed by atoms with Crippen molar-refractivity contribution in [2.45, 2.75) is 6.54 Å². The third-order valence-electron chi connectivity index (χ3n) is 6.28. The second-order valence-electron chi connectivity index (χ2n) is 8.82. The number of ether oxygens (including phenoxy) is 3. The van der Waals surface area contributed by atoms with Gasteiger partial charge in [0.1, 0.15) is 23.9 Å². The molecule has 0 saturated carbocycles. The fraction of sp³-hybridized carbons (Fsp3) is 0.172. The molecule has 0 fully saturated rings. The van der Waals surface area contributed by atoms with Crippen molar-refractivity contribution in [2.24, 2.45) is 0 Å². The van der Waals surface area contributed by atoms with Gasteiger partial charge in [-0.15, -0.1) is 0 Å². The van der Waals surface area contributed by atoms with E-state index in [9.17, 15) is 9.18 Å². The molecule has 204 valence electrons. The Hall–Kier alpha value is -5.03. The Morgan fingerprint density at radius 2 is 1.85 bits per heavy atom. The van der Waals surface area contributed by atoms with Crippen molar-refractivity contribution >= 4 is 22.6 Å². The maximum Gasteiger partial charge on any atom is 0.255 e. The molecule has 2 aromatic carbocycles. The van der Waals surface area contributed by atoms with Gasteiger partial charge in [0.05, 0.1) is 47.8 Å². The lowest BCUT2D eigenvalue weighted by Crippen LogP contribution is -2.23. The molecule has 0 spiro atoms. The number of nitrogens with one attached hydrogen (secondary N) is 2. The summed E-state index contributed by atoms with van der Waals surface area (Å²) in [4.78, 5) is 21.8. The predicted molar refractivity (Wildman–Crippen MR) is 148 cm³/mol. The highest BCUT2D eigenvalue weighted by atomic mass is 19.1. The number of methoxy groups -OCH3 is 2. The van der Waals surface area contributed by atoms with Crippen LogP contribution in [0.5, 0.6) is 11.5 Å². The molecule has 0 aliphatic heterocycles. The molecular weight excluding hydrogens is 515 g/mol. The number of aromatic amines is 1. The molecule has 10 nitrogen and oxygen atoms in total. The second-order valence-corrected chi connectivity index (χ2v) is 8.82. The number of carbonyl (C=O) groups is 1. The molecule has 5 rings (SSSR count). The topological polar surface area (TPSA) is 137 Å². The number of halogens is 1. The van der Waals surface area contributed by atoms with Gasteiger partial charge in [-0.1, -0.05) is 24.3 Å². The Bertz CT molecular complexity index is 1640. The van der Waals surface area contributed by atoms with Crippen LogP contribution in [0.15, 0.2) is 67.0 Å². The molecule has 3 aromatic heterocycles. The molecule has 0 atom stereocenters. The molecule has 0 radical (unpaired) electrons. The summed E-state index contributed by atoms with van der Waals surface area (Å²) in [5.74, 6) is 0.301. The molecule has 0 aliphatic carbocycles. The van der Waals surface area contributed by atoms with E-state index in [2.05, 4.69) is 20.5 Å². The van der Waals surface area contributed by atoms with E-state index in [1.165, 1.54) is 19.2 Å². The van der Waals surface area contributed by atoms with Crippen molar-refractivity contribution in [2.75, 3.05) is 33.2 Å². The van der Waals surface area contributed by atoms with Gasteiger partial charge in [-0.25, -0.2) is 4.39 Å². The first kappa shape index (κ1) is 26.6.